The van der Waals surface area contributed by atoms with E-state index in [1.54, 1.807) is 4.90 Å². The molecule has 2 heterocycles. The number of rotatable bonds is 3. The number of alkyl halides is 3. The van der Waals surface area contributed by atoms with Crippen molar-refractivity contribution in [3.05, 3.63) is 76.9 Å². The third-order valence-corrected chi connectivity index (χ3v) is 5.76. The maximum atomic E-state index is 12.8. The van der Waals surface area contributed by atoms with Gasteiger partial charge in [0.25, 0.3) is 0 Å². The van der Waals surface area contributed by atoms with Gasteiger partial charge in [0.1, 0.15) is 5.60 Å². The SMILES string of the molecule is Cc1ccc(CNC(=O)N2CCC3(C=C(c4ccc(C(F)(F)F)cc4)NO3)CC2)cc1. The second-order valence-electron chi connectivity index (χ2n) is 8.03. The smallest absolute Gasteiger partial charge is 0.334 e. The van der Waals surface area contributed by atoms with Gasteiger partial charge in [0.15, 0.2) is 0 Å². The number of aryl methyl sites for hydroxylation is 1. The maximum Gasteiger partial charge on any atom is 0.416 e. The molecule has 2 aromatic carbocycles. The van der Waals surface area contributed by atoms with Crippen molar-refractivity contribution < 1.29 is 22.8 Å². The number of piperidine rings is 1. The minimum Gasteiger partial charge on any atom is -0.334 e. The Bertz CT molecular complexity index is 961. The van der Waals surface area contributed by atoms with Crippen molar-refractivity contribution >= 4 is 11.7 Å². The lowest BCUT2D eigenvalue weighted by Crippen LogP contribution is -2.49. The number of hydrogen-bond acceptors (Lipinski definition) is 3. The lowest BCUT2D eigenvalue weighted by molar-refractivity contribution is -0.137. The highest BCUT2D eigenvalue weighted by Gasteiger charge is 2.40. The molecule has 0 bridgehead atoms. The first-order valence-corrected chi connectivity index (χ1v) is 10.2. The van der Waals surface area contributed by atoms with E-state index in [1.165, 1.54) is 17.7 Å². The summed E-state index contributed by atoms with van der Waals surface area (Å²) in [7, 11) is 0. The monoisotopic (exact) mass is 431 g/mol. The quantitative estimate of drug-likeness (QED) is 0.745. The summed E-state index contributed by atoms with van der Waals surface area (Å²) in [5.74, 6) is 0. The van der Waals surface area contributed by atoms with Gasteiger partial charge >= 0.3 is 12.2 Å². The van der Waals surface area contributed by atoms with Crippen LogP contribution in [0.5, 0.6) is 0 Å². The molecule has 8 heteroatoms. The largest absolute Gasteiger partial charge is 0.416 e. The summed E-state index contributed by atoms with van der Waals surface area (Å²) >= 11 is 0. The van der Waals surface area contributed by atoms with Crippen molar-refractivity contribution in [1.29, 1.82) is 0 Å². The minimum absolute atomic E-state index is 0.117. The van der Waals surface area contributed by atoms with Crippen LogP contribution in [0.3, 0.4) is 0 Å². The zero-order valence-electron chi connectivity index (χ0n) is 17.1. The average Bonchev–Trinajstić information content (AvgIpc) is 3.16. The molecule has 164 valence electrons. The molecule has 2 aliphatic rings. The van der Waals surface area contributed by atoms with Crippen LogP contribution in [0.15, 0.2) is 54.6 Å². The third kappa shape index (κ3) is 4.85. The second kappa shape index (κ2) is 8.26. The Labute approximate surface area is 178 Å². The lowest BCUT2D eigenvalue weighted by Gasteiger charge is -2.36. The molecule has 5 nitrogen and oxygen atoms in total. The lowest BCUT2D eigenvalue weighted by atomic mass is 9.90. The van der Waals surface area contributed by atoms with Crippen LogP contribution in [0.4, 0.5) is 18.0 Å². The van der Waals surface area contributed by atoms with Crippen LogP contribution < -0.4 is 10.8 Å². The number of carbonyl (C=O) groups excluding carboxylic acids is 1. The van der Waals surface area contributed by atoms with Gasteiger partial charge in [0, 0.05) is 32.5 Å². The molecule has 0 atom stereocenters. The summed E-state index contributed by atoms with van der Waals surface area (Å²) in [6.45, 7) is 3.54. The molecule has 1 saturated heterocycles. The summed E-state index contributed by atoms with van der Waals surface area (Å²) in [5, 5.41) is 2.94. The van der Waals surface area contributed by atoms with E-state index in [2.05, 4.69) is 10.8 Å². The molecule has 0 radical (unpaired) electrons. The molecule has 4 rings (SSSR count). The van der Waals surface area contributed by atoms with E-state index in [0.717, 1.165) is 17.7 Å². The average molecular weight is 431 g/mol. The number of halogens is 3. The van der Waals surface area contributed by atoms with Crippen molar-refractivity contribution in [2.24, 2.45) is 0 Å². The van der Waals surface area contributed by atoms with Gasteiger partial charge in [-0.2, -0.15) is 13.2 Å². The van der Waals surface area contributed by atoms with Gasteiger partial charge in [0.2, 0.25) is 0 Å². The number of carbonyl (C=O) groups is 1. The molecular formula is C23H24F3N3O2. The normalized spacial score (nSPS) is 17.9. The fourth-order valence-electron chi connectivity index (χ4n) is 3.79. The van der Waals surface area contributed by atoms with E-state index in [1.807, 2.05) is 37.3 Å². The van der Waals surface area contributed by atoms with E-state index in [0.29, 0.717) is 43.7 Å². The van der Waals surface area contributed by atoms with Crippen molar-refractivity contribution in [2.45, 2.75) is 38.1 Å². The number of likely N-dealkylation sites (tertiary alicyclic amines) is 1. The molecule has 1 spiro atoms. The van der Waals surface area contributed by atoms with E-state index in [4.69, 9.17) is 4.84 Å². The van der Waals surface area contributed by atoms with Crippen LogP contribution in [0.2, 0.25) is 0 Å². The van der Waals surface area contributed by atoms with Gasteiger partial charge in [0.05, 0.1) is 11.3 Å². The third-order valence-electron chi connectivity index (χ3n) is 5.76. The van der Waals surface area contributed by atoms with Gasteiger partial charge in [-0.25, -0.2) is 4.79 Å². The first kappa shape index (κ1) is 21.2. The van der Waals surface area contributed by atoms with Crippen LogP contribution in [0, 0.1) is 6.92 Å². The molecule has 2 amide bonds. The Balaban J connectivity index is 1.33. The van der Waals surface area contributed by atoms with Crippen LogP contribution >= 0.6 is 0 Å². The molecule has 0 aliphatic carbocycles. The van der Waals surface area contributed by atoms with Gasteiger partial charge < -0.3 is 10.2 Å². The Hall–Kier alpha value is -3.00. The minimum atomic E-state index is -4.36. The number of hydroxylamine groups is 1. The van der Waals surface area contributed by atoms with Gasteiger partial charge in [-0.3, -0.25) is 10.3 Å². The first-order valence-electron chi connectivity index (χ1n) is 10.2. The molecule has 2 N–H and O–H groups in total. The fraction of sp³-hybridized carbons (Fsp3) is 0.348. The number of amides is 2. The topological polar surface area (TPSA) is 53.6 Å². The highest BCUT2D eigenvalue weighted by Crippen LogP contribution is 2.36. The zero-order valence-corrected chi connectivity index (χ0v) is 17.1. The predicted molar refractivity (Wildman–Crippen MR) is 111 cm³/mol. The van der Waals surface area contributed by atoms with Gasteiger partial charge in [-0.1, -0.05) is 42.0 Å². The standard InChI is InChI=1S/C23H24F3N3O2/c1-16-2-4-17(5-3-16)15-27-21(30)29-12-10-22(11-13-29)14-20(28-31-22)18-6-8-19(9-7-18)23(24,25)26/h2-9,14,28H,10-13,15H2,1H3,(H,27,30). The van der Waals surface area contributed by atoms with Crippen LogP contribution in [-0.2, 0) is 17.6 Å². The van der Waals surface area contributed by atoms with Gasteiger partial charge in [-0.15, -0.1) is 0 Å². The molecule has 31 heavy (non-hydrogen) atoms. The Kier molecular flexibility index (Phi) is 5.66. The number of benzene rings is 2. The summed E-state index contributed by atoms with van der Waals surface area (Å²) in [6.07, 6.45) is -1.25. The predicted octanol–water partition coefficient (Wildman–Crippen LogP) is 4.63. The molecule has 1 fully saturated rings. The first-order chi connectivity index (χ1) is 14.7. The summed E-state index contributed by atoms with van der Waals surface area (Å²) < 4.78 is 38.3. The number of urea groups is 1. The molecule has 2 aliphatic heterocycles. The van der Waals surface area contributed by atoms with Crippen LogP contribution in [-0.4, -0.2) is 29.6 Å². The zero-order chi connectivity index (χ0) is 22.1. The highest BCUT2D eigenvalue weighted by atomic mass is 19.4. The van der Waals surface area contributed by atoms with E-state index in [9.17, 15) is 18.0 Å². The maximum absolute atomic E-state index is 12.8. The fourth-order valence-corrected chi connectivity index (χ4v) is 3.79. The summed E-state index contributed by atoms with van der Waals surface area (Å²) in [5.41, 5.74) is 5.08. The number of nitrogens with one attached hydrogen (secondary N) is 2. The van der Waals surface area contributed by atoms with Crippen LogP contribution in [0.1, 0.15) is 35.1 Å². The van der Waals surface area contributed by atoms with E-state index in [-0.39, 0.29) is 6.03 Å². The molecular weight excluding hydrogens is 407 g/mol. The van der Waals surface area contributed by atoms with Crippen molar-refractivity contribution in [3.63, 3.8) is 0 Å². The summed E-state index contributed by atoms with van der Waals surface area (Å²) in [6, 6.07) is 12.9. The van der Waals surface area contributed by atoms with Crippen LogP contribution in [0.25, 0.3) is 5.70 Å². The van der Waals surface area contributed by atoms with E-state index < -0.39 is 17.3 Å². The molecule has 2 aromatic rings. The molecule has 0 aromatic heterocycles. The van der Waals surface area contributed by atoms with Crippen molar-refractivity contribution in [3.8, 4) is 0 Å². The van der Waals surface area contributed by atoms with E-state index >= 15 is 0 Å². The Morgan fingerprint density at radius 3 is 2.35 bits per heavy atom. The molecule has 0 unspecified atom stereocenters. The van der Waals surface area contributed by atoms with Crippen molar-refractivity contribution in [1.82, 2.24) is 15.7 Å². The van der Waals surface area contributed by atoms with Crippen molar-refractivity contribution in [2.75, 3.05) is 13.1 Å². The second-order valence-corrected chi connectivity index (χ2v) is 8.03. The Morgan fingerprint density at radius 1 is 1.10 bits per heavy atom. The number of nitrogens with zero attached hydrogens (tertiary/aromatic N) is 1. The summed E-state index contributed by atoms with van der Waals surface area (Å²) in [4.78, 5) is 20.0. The molecule has 0 saturated carbocycles. The Morgan fingerprint density at radius 2 is 1.74 bits per heavy atom. The highest BCUT2D eigenvalue weighted by molar-refractivity contribution is 5.74. The number of hydrogen-bond donors (Lipinski definition) is 2. The van der Waals surface area contributed by atoms with Gasteiger partial charge in [-0.05, 0) is 36.3 Å².